The van der Waals surface area contributed by atoms with Crippen LogP contribution in [-0.2, 0) is 4.79 Å². The van der Waals surface area contributed by atoms with E-state index in [0.717, 1.165) is 21.6 Å². The predicted molar refractivity (Wildman–Crippen MR) is 105 cm³/mol. The molecule has 1 fully saturated rings. The summed E-state index contributed by atoms with van der Waals surface area (Å²) in [4.78, 5) is 27.9. The lowest BCUT2D eigenvalue weighted by Crippen LogP contribution is -2.48. The van der Waals surface area contributed by atoms with Gasteiger partial charge in [-0.05, 0) is 44.9 Å². The number of aryl methyl sites for hydroxylation is 1. The fourth-order valence-electron chi connectivity index (χ4n) is 3.64. The van der Waals surface area contributed by atoms with E-state index in [2.05, 4.69) is 5.10 Å². The van der Waals surface area contributed by atoms with Crippen molar-refractivity contribution in [1.82, 2.24) is 14.7 Å². The van der Waals surface area contributed by atoms with Gasteiger partial charge in [0.25, 0.3) is 5.91 Å². The Balaban J connectivity index is 1.68. The lowest BCUT2D eigenvalue weighted by atomic mass is 9.82. The molecule has 140 valence electrons. The van der Waals surface area contributed by atoms with Crippen molar-refractivity contribution in [3.05, 3.63) is 47.0 Å². The molecule has 0 radical (unpaired) electrons. The van der Waals surface area contributed by atoms with Gasteiger partial charge in [0.1, 0.15) is 4.83 Å². The number of carboxylic acids is 1. The summed E-state index contributed by atoms with van der Waals surface area (Å²) in [6.07, 6.45) is 1.30. The molecular weight excluding hydrogens is 362 g/mol. The molecule has 1 N–H and O–H groups in total. The maximum atomic E-state index is 13.1. The van der Waals surface area contributed by atoms with E-state index in [-0.39, 0.29) is 12.5 Å². The highest BCUT2D eigenvalue weighted by atomic mass is 32.1. The molecule has 1 aromatic carbocycles. The van der Waals surface area contributed by atoms with Crippen molar-refractivity contribution in [3.8, 4) is 5.69 Å². The Hall–Kier alpha value is -2.67. The van der Waals surface area contributed by atoms with Gasteiger partial charge in [0.05, 0.1) is 21.7 Å². The first kappa shape index (κ1) is 17.7. The SMILES string of the molecule is Cc1nn(-c2ccccc2)c2sc(C(=O)N3CCCC(C)(C(=O)O)C3)cc12. The summed E-state index contributed by atoms with van der Waals surface area (Å²) in [6, 6.07) is 11.7. The minimum absolute atomic E-state index is 0.0950. The van der Waals surface area contributed by atoms with Crippen molar-refractivity contribution in [2.75, 3.05) is 13.1 Å². The number of aliphatic carboxylic acids is 1. The molecular formula is C20H21N3O3S. The first-order chi connectivity index (χ1) is 12.9. The van der Waals surface area contributed by atoms with Gasteiger partial charge in [0.2, 0.25) is 0 Å². The highest BCUT2D eigenvalue weighted by Crippen LogP contribution is 2.34. The first-order valence-electron chi connectivity index (χ1n) is 8.96. The van der Waals surface area contributed by atoms with Crippen molar-refractivity contribution >= 4 is 33.4 Å². The van der Waals surface area contributed by atoms with Crippen LogP contribution in [-0.4, -0.2) is 44.8 Å². The van der Waals surface area contributed by atoms with Gasteiger partial charge in [0, 0.05) is 18.5 Å². The zero-order valence-electron chi connectivity index (χ0n) is 15.3. The average molecular weight is 383 g/mol. The molecule has 27 heavy (non-hydrogen) atoms. The quantitative estimate of drug-likeness (QED) is 0.748. The van der Waals surface area contributed by atoms with E-state index in [1.54, 1.807) is 11.8 Å². The standard InChI is InChI=1S/C20H21N3O3S/c1-13-15-11-16(17(24)22-10-6-9-20(2,12-22)19(25)26)27-18(15)23(21-13)14-7-4-3-5-8-14/h3-5,7-8,11H,6,9-10,12H2,1-2H3,(H,25,26). The summed E-state index contributed by atoms with van der Waals surface area (Å²) in [7, 11) is 0. The number of carboxylic acid groups (broad SMARTS) is 1. The van der Waals surface area contributed by atoms with Crippen molar-refractivity contribution in [3.63, 3.8) is 0 Å². The summed E-state index contributed by atoms with van der Waals surface area (Å²) in [5, 5.41) is 15.1. The molecule has 0 aliphatic carbocycles. The topological polar surface area (TPSA) is 75.4 Å². The van der Waals surface area contributed by atoms with Gasteiger partial charge in [-0.3, -0.25) is 9.59 Å². The number of para-hydroxylation sites is 1. The summed E-state index contributed by atoms with van der Waals surface area (Å²) < 4.78 is 1.86. The fourth-order valence-corrected chi connectivity index (χ4v) is 4.79. The Kier molecular flexibility index (Phi) is 4.26. The number of likely N-dealkylation sites (tertiary alicyclic amines) is 1. The number of piperidine rings is 1. The number of amides is 1. The van der Waals surface area contributed by atoms with Crippen LogP contribution in [0, 0.1) is 12.3 Å². The van der Waals surface area contributed by atoms with Crippen molar-refractivity contribution in [1.29, 1.82) is 0 Å². The lowest BCUT2D eigenvalue weighted by Gasteiger charge is -2.37. The van der Waals surface area contributed by atoms with Gasteiger partial charge in [-0.1, -0.05) is 18.2 Å². The normalized spacial score (nSPS) is 20.1. The van der Waals surface area contributed by atoms with Gasteiger partial charge in [0.15, 0.2) is 0 Å². The molecule has 7 heteroatoms. The maximum Gasteiger partial charge on any atom is 0.311 e. The lowest BCUT2D eigenvalue weighted by molar-refractivity contribution is -0.150. The van der Waals surface area contributed by atoms with Crippen LogP contribution in [0.25, 0.3) is 15.9 Å². The van der Waals surface area contributed by atoms with E-state index < -0.39 is 11.4 Å². The van der Waals surface area contributed by atoms with Crippen molar-refractivity contribution in [2.24, 2.45) is 5.41 Å². The molecule has 3 aromatic rings. The zero-order chi connectivity index (χ0) is 19.2. The molecule has 3 heterocycles. The third kappa shape index (κ3) is 3.02. The highest BCUT2D eigenvalue weighted by Gasteiger charge is 2.39. The van der Waals surface area contributed by atoms with Crippen LogP contribution in [0.4, 0.5) is 0 Å². The second-order valence-corrected chi connectivity index (χ2v) is 8.39. The van der Waals surface area contributed by atoms with E-state index in [4.69, 9.17) is 0 Å². The first-order valence-corrected chi connectivity index (χ1v) is 9.78. The number of benzene rings is 1. The number of hydrogen-bond donors (Lipinski definition) is 1. The number of fused-ring (bicyclic) bond motifs is 1. The van der Waals surface area contributed by atoms with Crippen molar-refractivity contribution in [2.45, 2.75) is 26.7 Å². The van der Waals surface area contributed by atoms with Gasteiger partial charge in [-0.25, -0.2) is 4.68 Å². The highest BCUT2D eigenvalue weighted by molar-refractivity contribution is 7.20. The molecule has 1 aliphatic heterocycles. The number of aromatic nitrogens is 2. The van der Waals surface area contributed by atoms with Crippen LogP contribution in [0.5, 0.6) is 0 Å². The summed E-state index contributed by atoms with van der Waals surface area (Å²) >= 11 is 1.41. The van der Waals surface area contributed by atoms with Crippen molar-refractivity contribution < 1.29 is 14.7 Å². The molecule has 1 aliphatic rings. The molecule has 1 amide bonds. The van der Waals surface area contributed by atoms with E-state index >= 15 is 0 Å². The third-order valence-corrected chi connectivity index (χ3v) is 6.35. The Bertz CT molecular complexity index is 1020. The maximum absolute atomic E-state index is 13.1. The molecule has 6 nitrogen and oxygen atoms in total. The molecule has 1 unspecified atom stereocenters. The zero-order valence-corrected chi connectivity index (χ0v) is 16.1. The molecule has 4 rings (SSSR count). The number of carbonyl (C=O) groups excluding carboxylic acids is 1. The second kappa shape index (κ2) is 6.49. The molecule has 0 saturated carbocycles. The van der Waals surface area contributed by atoms with Crippen LogP contribution in [0.3, 0.4) is 0 Å². The van der Waals surface area contributed by atoms with Crippen LogP contribution in [0.15, 0.2) is 36.4 Å². The molecule has 1 atom stereocenters. The van der Waals surface area contributed by atoms with Gasteiger partial charge in [-0.15, -0.1) is 11.3 Å². The monoisotopic (exact) mass is 383 g/mol. The average Bonchev–Trinajstić information content (AvgIpc) is 3.22. The van der Waals surface area contributed by atoms with Crippen LogP contribution >= 0.6 is 11.3 Å². The summed E-state index contributed by atoms with van der Waals surface area (Å²) in [5.41, 5.74) is 0.951. The number of thiophene rings is 1. The summed E-state index contributed by atoms with van der Waals surface area (Å²) in [6.45, 7) is 4.50. The predicted octanol–water partition coefficient (Wildman–Crippen LogP) is 3.72. The minimum Gasteiger partial charge on any atom is -0.481 e. The number of nitrogens with zero attached hydrogens (tertiary/aromatic N) is 3. The third-order valence-electron chi connectivity index (χ3n) is 5.26. The van der Waals surface area contributed by atoms with E-state index in [0.29, 0.717) is 24.3 Å². The molecule has 0 bridgehead atoms. The molecule has 2 aromatic heterocycles. The van der Waals surface area contributed by atoms with Crippen LogP contribution in [0.1, 0.15) is 35.1 Å². The van der Waals surface area contributed by atoms with Gasteiger partial charge in [-0.2, -0.15) is 5.10 Å². The van der Waals surface area contributed by atoms with Crippen LogP contribution < -0.4 is 0 Å². The van der Waals surface area contributed by atoms with Gasteiger partial charge < -0.3 is 10.0 Å². The minimum atomic E-state index is -0.874. The summed E-state index contributed by atoms with van der Waals surface area (Å²) in [5.74, 6) is -0.936. The fraction of sp³-hybridized carbons (Fsp3) is 0.350. The van der Waals surface area contributed by atoms with Crippen LogP contribution in [0.2, 0.25) is 0 Å². The Morgan fingerprint density at radius 3 is 2.70 bits per heavy atom. The number of hydrogen-bond acceptors (Lipinski definition) is 4. The smallest absolute Gasteiger partial charge is 0.311 e. The Labute approximate surface area is 161 Å². The van der Waals surface area contributed by atoms with Gasteiger partial charge >= 0.3 is 5.97 Å². The molecule has 0 spiro atoms. The van der Waals surface area contributed by atoms with E-state index in [1.807, 2.05) is 48.0 Å². The number of rotatable bonds is 3. The van der Waals surface area contributed by atoms with E-state index in [1.165, 1.54) is 11.3 Å². The molecule has 1 saturated heterocycles. The second-order valence-electron chi connectivity index (χ2n) is 7.36. The number of carbonyl (C=O) groups is 2. The largest absolute Gasteiger partial charge is 0.481 e. The Morgan fingerprint density at radius 1 is 1.26 bits per heavy atom. The van der Waals surface area contributed by atoms with E-state index in [9.17, 15) is 14.7 Å². The Morgan fingerprint density at radius 2 is 2.00 bits per heavy atom.